The first kappa shape index (κ1) is 15.4. The van der Waals surface area contributed by atoms with Gasteiger partial charge in [-0.1, -0.05) is 13.0 Å². The summed E-state index contributed by atoms with van der Waals surface area (Å²) in [5.74, 6) is 0.142. The van der Waals surface area contributed by atoms with E-state index in [1.807, 2.05) is 37.1 Å². The summed E-state index contributed by atoms with van der Waals surface area (Å²) in [5, 5.41) is 3.13. The van der Waals surface area contributed by atoms with Gasteiger partial charge in [0.05, 0.1) is 0 Å². The van der Waals surface area contributed by atoms with Crippen LogP contribution in [-0.4, -0.2) is 30.1 Å². The lowest BCUT2D eigenvalue weighted by Gasteiger charge is -2.19. The van der Waals surface area contributed by atoms with Crippen LogP contribution in [0.15, 0.2) is 36.7 Å². The van der Waals surface area contributed by atoms with Gasteiger partial charge in [0.15, 0.2) is 11.6 Å². The largest absolute Gasteiger partial charge is 0.357 e. The Balaban J connectivity index is 2.03. The number of pyridine rings is 2. The van der Waals surface area contributed by atoms with Crippen molar-refractivity contribution in [2.45, 2.75) is 19.9 Å². The lowest BCUT2D eigenvalue weighted by molar-refractivity contribution is 0.583. The summed E-state index contributed by atoms with van der Waals surface area (Å²) in [5.41, 5.74) is 1.64. The molecule has 21 heavy (non-hydrogen) atoms. The Morgan fingerprint density at radius 2 is 2.05 bits per heavy atom. The second-order valence-electron chi connectivity index (χ2n) is 4.88. The highest BCUT2D eigenvalue weighted by Crippen LogP contribution is 2.18. The van der Waals surface area contributed by atoms with Crippen molar-refractivity contribution in [3.8, 4) is 0 Å². The highest BCUT2D eigenvalue weighted by molar-refractivity contribution is 5.42. The minimum atomic E-state index is -0.248. The molecule has 0 saturated carbocycles. The average molecular weight is 288 g/mol. The number of halogens is 1. The molecule has 0 aliphatic heterocycles. The number of nitrogens with one attached hydrogen (secondary N) is 1. The molecule has 0 spiro atoms. The number of anilines is 1. The Morgan fingerprint density at radius 3 is 2.76 bits per heavy atom. The van der Waals surface area contributed by atoms with E-state index in [0.717, 1.165) is 18.7 Å². The van der Waals surface area contributed by atoms with Crippen molar-refractivity contribution < 1.29 is 4.39 Å². The maximum absolute atomic E-state index is 14.4. The summed E-state index contributed by atoms with van der Waals surface area (Å²) in [4.78, 5) is 10.3. The molecule has 0 fully saturated rings. The van der Waals surface area contributed by atoms with Gasteiger partial charge in [-0.25, -0.2) is 9.37 Å². The van der Waals surface area contributed by atoms with E-state index in [-0.39, 0.29) is 5.82 Å². The van der Waals surface area contributed by atoms with Crippen molar-refractivity contribution in [1.82, 2.24) is 15.3 Å². The summed E-state index contributed by atoms with van der Waals surface area (Å²) in [7, 11) is 1.85. The minimum Gasteiger partial charge on any atom is -0.357 e. The molecular weight excluding hydrogens is 267 g/mol. The molecule has 0 aromatic carbocycles. The Hall–Kier alpha value is -2.01. The molecule has 2 aromatic rings. The quantitative estimate of drug-likeness (QED) is 0.849. The van der Waals surface area contributed by atoms with Crippen LogP contribution in [0.4, 0.5) is 10.2 Å². The van der Waals surface area contributed by atoms with Crippen LogP contribution < -0.4 is 10.2 Å². The summed E-state index contributed by atoms with van der Waals surface area (Å²) >= 11 is 0. The molecule has 2 aromatic heterocycles. The highest BCUT2D eigenvalue weighted by atomic mass is 19.1. The van der Waals surface area contributed by atoms with Crippen molar-refractivity contribution in [3.05, 3.63) is 53.7 Å². The van der Waals surface area contributed by atoms with E-state index in [0.29, 0.717) is 24.5 Å². The van der Waals surface area contributed by atoms with E-state index >= 15 is 0 Å². The molecule has 0 aliphatic carbocycles. The van der Waals surface area contributed by atoms with E-state index in [2.05, 4.69) is 15.3 Å². The van der Waals surface area contributed by atoms with Gasteiger partial charge in [-0.3, -0.25) is 4.98 Å². The summed E-state index contributed by atoms with van der Waals surface area (Å²) in [6.45, 7) is 4.00. The third-order valence-electron chi connectivity index (χ3n) is 3.31. The second-order valence-corrected chi connectivity index (χ2v) is 4.88. The van der Waals surface area contributed by atoms with Crippen LogP contribution in [0.1, 0.15) is 18.2 Å². The average Bonchev–Trinajstić information content (AvgIpc) is 2.52. The van der Waals surface area contributed by atoms with Gasteiger partial charge in [-0.15, -0.1) is 0 Å². The zero-order valence-corrected chi connectivity index (χ0v) is 12.5. The number of rotatable bonds is 7. The van der Waals surface area contributed by atoms with Crippen LogP contribution in [0.3, 0.4) is 0 Å². The number of likely N-dealkylation sites (N-methyl/N-ethyl adjacent to an activating group) is 1. The number of hydrogen-bond acceptors (Lipinski definition) is 4. The number of nitrogens with zero attached hydrogens (tertiary/aromatic N) is 3. The maximum atomic E-state index is 14.4. The minimum absolute atomic E-state index is 0.248. The first-order valence-corrected chi connectivity index (χ1v) is 7.17. The molecule has 112 valence electrons. The van der Waals surface area contributed by atoms with Gasteiger partial charge < -0.3 is 10.2 Å². The van der Waals surface area contributed by atoms with Crippen LogP contribution >= 0.6 is 0 Å². The van der Waals surface area contributed by atoms with Crippen LogP contribution in [0, 0.1) is 5.82 Å². The lowest BCUT2D eigenvalue weighted by Crippen LogP contribution is -2.24. The first-order chi connectivity index (χ1) is 10.2. The molecule has 0 radical (unpaired) electrons. The van der Waals surface area contributed by atoms with E-state index < -0.39 is 0 Å². The van der Waals surface area contributed by atoms with Crippen LogP contribution in [-0.2, 0) is 13.0 Å². The monoisotopic (exact) mass is 288 g/mol. The zero-order chi connectivity index (χ0) is 15.1. The third-order valence-corrected chi connectivity index (χ3v) is 3.31. The summed E-state index contributed by atoms with van der Waals surface area (Å²) < 4.78 is 14.4. The van der Waals surface area contributed by atoms with Crippen LogP contribution in [0.25, 0.3) is 0 Å². The standard InChI is InChI=1S/C16H21FN4/c1-3-18-12-13-7-10-20-16(15(13)17)21(2)11-8-14-6-4-5-9-19-14/h4-7,9-10,18H,3,8,11-12H2,1-2H3. The van der Waals surface area contributed by atoms with Crippen molar-refractivity contribution >= 4 is 5.82 Å². The molecule has 0 saturated heterocycles. The van der Waals surface area contributed by atoms with Gasteiger partial charge in [0.1, 0.15) is 0 Å². The summed E-state index contributed by atoms with van der Waals surface area (Å²) in [6, 6.07) is 7.53. The van der Waals surface area contributed by atoms with Gasteiger partial charge >= 0.3 is 0 Å². The van der Waals surface area contributed by atoms with Crippen molar-refractivity contribution in [3.63, 3.8) is 0 Å². The van der Waals surface area contributed by atoms with Gasteiger partial charge in [0.2, 0.25) is 0 Å². The Labute approximate surface area is 125 Å². The normalized spacial score (nSPS) is 10.6. The Kier molecular flexibility index (Phi) is 5.63. The fourth-order valence-electron chi connectivity index (χ4n) is 2.07. The SMILES string of the molecule is CCNCc1ccnc(N(C)CCc2ccccn2)c1F. The molecule has 4 nitrogen and oxygen atoms in total. The molecule has 0 atom stereocenters. The molecule has 2 heterocycles. The molecule has 5 heteroatoms. The molecule has 0 amide bonds. The zero-order valence-electron chi connectivity index (χ0n) is 12.5. The maximum Gasteiger partial charge on any atom is 0.170 e. The van der Waals surface area contributed by atoms with Crippen LogP contribution in [0.5, 0.6) is 0 Å². The molecule has 0 bridgehead atoms. The van der Waals surface area contributed by atoms with Gasteiger partial charge in [0, 0.05) is 50.2 Å². The fraction of sp³-hybridized carbons (Fsp3) is 0.375. The van der Waals surface area contributed by atoms with Crippen molar-refractivity contribution in [2.75, 3.05) is 25.0 Å². The van der Waals surface area contributed by atoms with E-state index in [1.54, 1.807) is 18.5 Å². The fourth-order valence-corrected chi connectivity index (χ4v) is 2.07. The van der Waals surface area contributed by atoms with E-state index in [9.17, 15) is 4.39 Å². The number of aromatic nitrogens is 2. The first-order valence-electron chi connectivity index (χ1n) is 7.17. The molecular formula is C16H21FN4. The number of hydrogen-bond donors (Lipinski definition) is 1. The molecule has 1 N–H and O–H groups in total. The van der Waals surface area contributed by atoms with Gasteiger partial charge in [-0.2, -0.15) is 0 Å². The topological polar surface area (TPSA) is 41.1 Å². The second kappa shape index (κ2) is 7.69. The molecule has 2 rings (SSSR count). The van der Waals surface area contributed by atoms with Crippen LogP contribution in [0.2, 0.25) is 0 Å². The molecule has 0 aliphatic rings. The van der Waals surface area contributed by atoms with Gasteiger partial charge in [0.25, 0.3) is 0 Å². The Bertz CT molecular complexity index is 559. The Morgan fingerprint density at radius 1 is 1.19 bits per heavy atom. The smallest absolute Gasteiger partial charge is 0.170 e. The highest BCUT2D eigenvalue weighted by Gasteiger charge is 2.13. The van der Waals surface area contributed by atoms with Gasteiger partial charge in [-0.05, 0) is 24.7 Å². The summed E-state index contributed by atoms with van der Waals surface area (Å²) in [6.07, 6.45) is 4.18. The van der Waals surface area contributed by atoms with Crippen molar-refractivity contribution in [1.29, 1.82) is 0 Å². The predicted octanol–water partition coefficient (Wildman–Crippen LogP) is 2.40. The van der Waals surface area contributed by atoms with E-state index in [1.165, 1.54) is 0 Å². The third kappa shape index (κ3) is 4.23. The molecule has 0 unspecified atom stereocenters. The lowest BCUT2D eigenvalue weighted by atomic mass is 10.2. The van der Waals surface area contributed by atoms with E-state index in [4.69, 9.17) is 0 Å². The predicted molar refractivity (Wildman–Crippen MR) is 82.8 cm³/mol. The van der Waals surface area contributed by atoms with Crippen molar-refractivity contribution in [2.24, 2.45) is 0 Å².